The molecule has 0 aromatic heterocycles. The van der Waals surface area contributed by atoms with Gasteiger partial charge < -0.3 is 5.11 Å². The Bertz CT molecular complexity index is 122. The van der Waals surface area contributed by atoms with Crippen molar-refractivity contribution in [2.24, 2.45) is 0 Å². The van der Waals surface area contributed by atoms with Crippen LogP contribution in [0.3, 0.4) is 0 Å². The van der Waals surface area contributed by atoms with Crippen molar-refractivity contribution in [2.75, 3.05) is 0 Å². The van der Waals surface area contributed by atoms with Crippen LogP contribution in [0, 0.1) is 0 Å². The van der Waals surface area contributed by atoms with Crippen LogP contribution in [-0.4, -0.2) is 16.9 Å². The van der Waals surface area contributed by atoms with Crippen molar-refractivity contribution < 1.29 is 5.11 Å². The minimum atomic E-state index is -0.455. The fourth-order valence-corrected chi connectivity index (χ4v) is 1.99. The molecule has 0 saturated carbocycles. The summed E-state index contributed by atoms with van der Waals surface area (Å²) in [6, 6.07) is 0.628. The molecule has 2 bridgehead atoms. The number of hydrogen-bond acceptors (Lipinski definition) is 2. The van der Waals surface area contributed by atoms with Gasteiger partial charge in [0.2, 0.25) is 0 Å². The van der Waals surface area contributed by atoms with Gasteiger partial charge in [0, 0.05) is 6.04 Å². The smallest absolute Gasteiger partial charge is 0.116 e. The number of piperidine rings is 1. The van der Waals surface area contributed by atoms with Crippen LogP contribution < -0.4 is 5.32 Å². The molecule has 2 saturated heterocycles. The van der Waals surface area contributed by atoms with Crippen LogP contribution >= 0.6 is 0 Å². The van der Waals surface area contributed by atoms with Crippen LogP contribution in [0.2, 0.25) is 0 Å². The number of nitrogens with one attached hydrogen (secondary N) is 1. The van der Waals surface area contributed by atoms with Crippen LogP contribution in [-0.2, 0) is 0 Å². The summed E-state index contributed by atoms with van der Waals surface area (Å²) in [5.41, 5.74) is -0.455. The molecule has 0 aromatic carbocycles. The van der Waals surface area contributed by atoms with E-state index in [4.69, 9.17) is 0 Å². The van der Waals surface area contributed by atoms with Gasteiger partial charge in [0.1, 0.15) is 5.72 Å². The molecule has 0 spiro atoms. The number of rotatable bonds is 0. The summed E-state index contributed by atoms with van der Waals surface area (Å²) < 4.78 is 0. The third kappa shape index (κ3) is 0.864. The molecule has 0 aliphatic carbocycles. The first kappa shape index (κ1) is 5.69. The van der Waals surface area contributed by atoms with Gasteiger partial charge in [-0.15, -0.1) is 0 Å². The molecule has 2 aliphatic heterocycles. The maximum Gasteiger partial charge on any atom is 0.116 e. The Morgan fingerprint density at radius 3 is 2.89 bits per heavy atom. The van der Waals surface area contributed by atoms with E-state index in [0.29, 0.717) is 6.04 Å². The normalized spacial score (nSPS) is 49.7. The highest BCUT2D eigenvalue weighted by atomic mass is 16.3. The van der Waals surface area contributed by atoms with Gasteiger partial charge >= 0.3 is 0 Å². The molecule has 0 unspecified atom stereocenters. The predicted molar refractivity (Wildman–Crippen MR) is 35.0 cm³/mol. The summed E-state index contributed by atoms with van der Waals surface area (Å²) in [5, 5.41) is 12.8. The van der Waals surface area contributed by atoms with Gasteiger partial charge in [-0.1, -0.05) is 0 Å². The molecule has 2 rings (SSSR count). The third-order valence-electron chi connectivity index (χ3n) is 2.52. The summed E-state index contributed by atoms with van der Waals surface area (Å²) >= 11 is 0. The molecule has 0 aromatic rings. The van der Waals surface area contributed by atoms with Crippen molar-refractivity contribution >= 4 is 0 Å². The zero-order valence-corrected chi connectivity index (χ0v) is 5.56. The van der Waals surface area contributed by atoms with Crippen LogP contribution in [0.15, 0.2) is 0 Å². The second kappa shape index (κ2) is 1.70. The van der Waals surface area contributed by atoms with E-state index >= 15 is 0 Å². The van der Waals surface area contributed by atoms with E-state index in [1.165, 1.54) is 19.3 Å². The SMILES string of the molecule is O[C@@]12CCC[C@@H](CC1)N2. The molecule has 2 aliphatic rings. The first-order valence-electron chi connectivity index (χ1n) is 3.79. The zero-order valence-electron chi connectivity index (χ0n) is 5.56. The van der Waals surface area contributed by atoms with E-state index in [0.717, 1.165) is 12.8 Å². The Kier molecular flexibility index (Phi) is 1.08. The molecule has 52 valence electrons. The van der Waals surface area contributed by atoms with E-state index in [9.17, 15) is 5.11 Å². The quantitative estimate of drug-likeness (QED) is 0.499. The second-order valence-corrected chi connectivity index (χ2v) is 3.30. The first-order chi connectivity index (χ1) is 4.29. The standard InChI is InChI=1S/C7H13NO/c9-7-4-1-2-6(8-7)3-5-7/h6,8-9H,1-5H2/t6-,7-/m0/s1. The fourth-order valence-electron chi connectivity index (χ4n) is 1.99. The van der Waals surface area contributed by atoms with Gasteiger partial charge in [-0.05, 0) is 32.1 Å². The average Bonchev–Trinajstić information content (AvgIpc) is 2.07. The van der Waals surface area contributed by atoms with Crippen molar-refractivity contribution in [3.8, 4) is 0 Å². The fraction of sp³-hybridized carbons (Fsp3) is 1.00. The molecule has 2 heteroatoms. The Balaban J connectivity index is 2.13. The molecule has 2 N–H and O–H groups in total. The van der Waals surface area contributed by atoms with E-state index in [1.807, 2.05) is 0 Å². The molecule has 9 heavy (non-hydrogen) atoms. The van der Waals surface area contributed by atoms with E-state index in [-0.39, 0.29) is 0 Å². The highest BCUT2D eigenvalue weighted by Gasteiger charge is 2.39. The Morgan fingerprint density at radius 1 is 1.33 bits per heavy atom. The summed E-state index contributed by atoms with van der Waals surface area (Å²) in [6.45, 7) is 0. The molecule has 2 fully saturated rings. The van der Waals surface area contributed by atoms with Crippen molar-refractivity contribution in [3.05, 3.63) is 0 Å². The van der Waals surface area contributed by atoms with Crippen molar-refractivity contribution in [1.82, 2.24) is 5.32 Å². The van der Waals surface area contributed by atoms with E-state index in [2.05, 4.69) is 5.32 Å². The summed E-state index contributed by atoms with van der Waals surface area (Å²) in [6.07, 6.45) is 5.58. The summed E-state index contributed by atoms with van der Waals surface area (Å²) in [5.74, 6) is 0. The van der Waals surface area contributed by atoms with Crippen LogP contribution in [0.4, 0.5) is 0 Å². The summed E-state index contributed by atoms with van der Waals surface area (Å²) in [7, 11) is 0. The first-order valence-corrected chi connectivity index (χ1v) is 3.79. The minimum absolute atomic E-state index is 0.455. The van der Waals surface area contributed by atoms with Crippen LogP contribution in [0.5, 0.6) is 0 Å². The topological polar surface area (TPSA) is 32.3 Å². The number of fused-ring (bicyclic) bond motifs is 2. The zero-order chi connectivity index (χ0) is 6.32. The van der Waals surface area contributed by atoms with Gasteiger partial charge in [0.25, 0.3) is 0 Å². The average molecular weight is 127 g/mol. The van der Waals surface area contributed by atoms with Crippen LogP contribution in [0.1, 0.15) is 32.1 Å². The van der Waals surface area contributed by atoms with E-state index in [1.54, 1.807) is 0 Å². The number of hydrogen-bond donors (Lipinski definition) is 2. The molecular formula is C7H13NO. The Hall–Kier alpha value is -0.0800. The Morgan fingerprint density at radius 2 is 2.22 bits per heavy atom. The van der Waals surface area contributed by atoms with Gasteiger partial charge in [-0.3, -0.25) is 5.32 Å². The number of aliphatic hydroxyl groups is 1. The molecule has 2 heterocycles. The van der Waals surface area contributed by atoms with Gasteiger partial charge in [0.15, 0.2) is 0 Å². The van der Waals surface area contributed by atoms with Gasteiger partial charge in [-0.25, -0.2) is 0 Å². The lowest BCUT2D eigenvalue weighted by atomic mass is 10.0. The monoisotopic (exact) mass is 127 g/mol. The third-order valence-corrected chi connectivity index (χ3v) is 2.52. The Labute approximate surface area is 55.3 Å². The lowest BCUT2D eigenvalue weighted by Crippen LogP contribution is -2.46. The van der Waals surface area contributed by atoms with Gasteiger partial charge in [-0.2, -0.15) is 0 Å². The minimum Gasteiger partial charge on any atom is -0.376 e. The second-order valence-electron chi connectivity index (χ2n) is 3.30. The van der Waals surface area contributed by atoms with Gasteiger partial charge in [0.05, 0.1) is 0 Å². The molecule has 0 radical (unpaired) electrons. The van der Waals surface area contributed by atoms with Crippen LogP contribution in [0.25, 0.3) is 0 Å². The highest BCUT2D eigenvalue weighted by Crippen LogP contribution is 2.32. The lowest BCUT2D eigenvalue weighted by molar-refractivity contribution is -0.00250. The van der Waals surface area contributed by atoms with E-state index < -0.39 is 5.72 Å². The molecular weight excluding hydrogens is 114 g/mol. The van der Waals surface area contributed by atoms with Crippen molar-refractivity contribution in [3.63, 3.8) is 0 Å². The molecule has 0 amide bonds. The molecule has 2 atom stereocenters. The molecule has 2 nitrogen and oxygen atoms in total. The van der Waals surface area contributed by atoms with Crippen molar-refractivity contribution in [2.45, 2.75) is 43.9 Å². The maximum atomic E-state index is 9.61. The summed E-state index contributed by atoms with van der Waals surface area (Å²) in [4.78, 5) is 0. The largest absolute Gasteiger partial charge is 0.376 e. The predicted octanol–water partition coefficient (Wildman–Crippen LogP) is 0.611. The highest BCUT2D eigenvalue weighted by molar-refractivity contribution is 4.93. The maximum absolute atomic E-state index is 9.61. The van der Waals surface area contributed by atoms with Crippen molar-refractivity contribution in [1.29, 1.82) is 0 Å². The lowest BCUT2D eigenvalue weighted by Gasteiger charge is -2.28.